The van der Waals surface area contributed by atoms with Gasteiger partial charge >= 0.3 is 6.18 Å². The number of aliphatic hydroxyl groups is 1. The zero-order valence-corrected chi connectivity index (χ0v) is 23.0. The van der Waals surface area contributed by atoms with E-state index in [0.29, 0.717) is 60.6 Å². The quantitative estimate of drug-likeness (QED) is 0.422. The van der Waals surface area contributed by atoms with Crippen molar-refractivity contribution in [3.8, 4) is 11.4 Å². The molecule has 0 spiro atoms. The molecule has 0 radical (unpaired) electrons. The molecule has 8 nitrogen and oxygen atoms in total. The predicted octanol–water partition coefficient (Wildman–Crippen LogP) is 5.37. The maximum atomic E-state index is 13.1. The molecule has 2 fully saturated rings. The van der Waals surface area contributed by atoms with Crippen molar-refractivity contribution in [1.29, 1.82) is 0 Å². The fourth-order valence-corrected chi connectivity index (χ4v) is 6.35. The van der Waals surface area contributed by atoms with Crippen molar-refractivity contribution in [3.63, 3.8) is 0 Å². The highest BCUT2D eigenvalue weighted by Crippen LogP contribution is 2.42. The van der Waals surface area contributed by atoms with E-state index in [4.69, 9.17) is 4.84 Å². The molecule has 2 aromatic heterocycles. The molecule has 42 heavy (non-hydrogen) atoms. The molecule has 1 N–H and O–H groups in total. The zero-order chi connectivity index (χ0) is 29.3. The summed E-state index contributed by atoms with van der Waals surface area (Å²) in [6.07, 6.45) is 4.86. The van der Waals surface area contributed by atoms with Crippen LogP contribution in [0.4, 0.5) is 13.2 Å². The molecule has 2 aliphatic heterocycles. The summed E-state index contributed by atoms with van der Waals surface area (Å²) in [4.78, 5) is 33.3. The van der Waals surface area contributed by atoms with Crippen LogP contribution in [-0.2, 0) is 21.4 Å². The largest absolute Gasteiger partial charge is 0.416 e. The van der Waals surface area contributed by atoms with E-state index in [2.05, 4.69) is 20.1 Å². The maximum Gasteiger partial charge on any atom is 0.416 e. The van der Waals surface area contributed by atoms with E-state index >= 15 is 0 Å². The van der Waals surface area contributed by atoms with Gasteiger partial charge in [0.2, 0.25) is 6.10 Å². The van der Waals surface area contributed by atoms with Gasteiger partial charge in [0, 0.05) is 49.2 Å². The third-order valence-corrected chi connectivity index (χ3v) is 8.73. The second-order valence-corrected chi connectivity index (χ2v) is 11.6. The van der Waals surface area contributed by atoms with Gasteiger partial charge in [-0.3, -0.25) is 9.78 Å². The summed E-state index contributed by atoms with van der Waals surface area (Å²) >= 11 is 0. The molecule has 11 heteroatoms. The number of alkyl halides is 3. The Kier molecular flexibility index (Phi) is 7.69. The number of likely N-dealkylation sites (tertiary alicyclic amines) is 1. The number of carbonyl (C=O) groups excluding carboxylic acids is 1. The highest BCUT2D eigenvalue weighted by molar-refractivity contribution is 6.04. The first kappa shape index (κ1) is 28.3. The van der Waals surface area contributed by atoms with Gasteiger partial charge in [0.15, 0.2) is 5.82 Å². The minimum absolute atomic E-state index is 0.149. The Balaban J connectivity index is 0.978. The summed E-state index contributed by atoms with van der Waals surface area (Å²) in [6, 6.07) is 10.4. The van der Waals surface area contributed by atoms with E-state index in [1.165, 1.54) is 6.07 Å². The molecule has 1 aliphatic carbocycles. The van der Waals surface area contributed by atoms with Gasteiger partial charge in [-0.1, -0.05) is 17.3 Å². The number of aromatic nitrogens is 3. The van der Waals surface area contributed by atoms with Crippen LogP contribution in [0.1, 0.15) is 61.8 Å². The third kappa shape index (κ3) is 6.01. The van der Waals surface area contributed by atoms with Crippen LogP contribution in [0.25, 0.3) is 11.4 Å². The summed E-state index contributed by atoms with van der Waals surface area (Å²) < 4.78 is 39.3. The lowest BCUT2D eigenvalue weighted by atomic mass is 9.74. The Labute approximate surface area is 241 Å². The fourth-order valence-electron chi connectivity index (χ4n) is 6.35. The van der Waals surface area contributed by atoms with Gasteiger partial charge in [0.25, 0.3) is 5.91 Å². The lowest BCUT2D eigenvalue weighted by molar-refractivity contribution is -0.141. The molecule has 3 aliphatic rings. The molecule has 1 saturated heterocycles. The van der Waals surface area contributed by atoms with Gasteiger partial charge in [0.05, 0.1) is 17.0 Å². The lowest BCUT2D eigenvalue weighted by Crippen LogP contribution is -2.38. The molecule has 6 rings (SSSR count). The minimum Gasteiger partial charge on any atom is -0.384 e. The second kappa shape index (κ2) is 11.4. The molecular formula is C31H32F3N5O3. The van der Waals surface area contributed by atoms with Gasteiger partial charge in [-0.2, -0.15) is 13.2 Å². The van der Waals surface area contributed by atoms with Crippen molar-refractivity contribution >= 4 is 11.6 Å². The van der Waals surface area contributed by atoms with E-state index in [1.807, 2.05) is 12.1 Å². The van der Waals surface area contributed by atoms with E-state index < -0.39 is 23.4 Å². The van der Waals surface area contributed by atoms with Crippen LogP contribution in [-0.4, -0.2) is 55.8 Å². The Morgan fingerprint density at radius 1 is 1.00 bits per heavy atom. The van der Waals surface area contributed by atoms with E-state index in [9.17, 15) is 23.1 Å². The third-order valence-electron chi connectivity index (χ3n) is 8.73. The molecule has 1 saturated carbocycles. The van der Waals surface area contributed by atoms with E-state index in [-0.39, 0.29) is 12.3 Å². The molecule has 1 aromatic carbocycles. The number of benzene rings is 1. The predicted molar refractivity (Wildman–Crippen MR) is 148 cm³/mol. The topological polar surface area (TPSA) is 101 Å². The first-order valence-electron chi connectivity index (χ1n) is 14.3. The molecule has 2 atom stereocenters. The van der Waals surface area contributed by atoms with Crippen LogP contribution in [0.15, 0.2) is 66.2 Å². The van der Waals surface area contributed by atoms with Crippen LogP contribution in [0.2, 0.25) is 0 Å². The van der Waals surface area contributed by atoms with Crippen LogP contribution in [0, 0.1) is 11.8 Å². The number of carbonyl (C=O) groups is 1. The lowest BCUT2D eigenvalue weighted by Gasteiger charge is -2.36. The Bertz CT molecular complexity index is 1440. The highest BCUT2D eigenvalue weighted by Gasteiger charge is 2.40. The van der Waals surface area contributed by atoms with Gasteiger partial charge in [-0.25, -0.2) is 9.97 Å². The first-order valence-corrected chi connectivity index (χ1v) is 14.3. The molecule has 4 heterocycles. The van der Waals surface area contributed by atoms with Crippen molar-refractivity contribution in [2.24, 2.45) is 17.0 Å². The van der Waals surface area contributed by atoms with Crippen LogP contribution in [0.3, 0.4) is 0 Å². The summed E-state index contributed by atoms with van der Waals surface area (Å²) in [7, 11) is 0. The van der Waals surface area contributed by atoms with Crippen LogP contribution >= 0.6 is 0 Å². The first-order chi connectivity index (χ1) is 20.2. The number of nitrogens with zero attached hydrogens (tertiary/aromatic N) is 5. The van der Waals surface area contributed by atoms with Crippen molar-refractivity contribution in [2.45, 2.75) is 62.8 Å². The van der Waals surface area contributed by atoms with Crippen LogP contribution < -0.4 is 0 Å². The number of rotatable bonds is 6. The average molecular weight is 580 g/mol. The fraction of sp³-hybridized carbons (Fsp3) is 0.452. The Morgan fingerprint density at radius 2 is 1.79 bits per heavy atom. The molecule has 3 aromatic rings. The van der Waals surface area contributed by atoms with E-state index in [0.717, 1.165) is 43.4 Å². The van der Waals surface area contributed by atoms with Crippen molar-refractivity contribution < 1.29 is 27.9 Å². The van der Waals surface area contributed by atoms with Crippen LogP contribution in [0.5, 0.6) is 0 Å². The molecule has 0 bridgehead atoms. The molecule has 2 unspecified atom stereocenters. The smallest absolute Gasteiger partial charge is 0.384 e. The zero-order valence-electron chi connectivity index (χ0n) is 23.0. The summed E-state index contributed by atoms with van der Waals surface area (Å²) in [6.45, 7) is 1.25. The normalized spacial score (nSPS) is 26.1. The average Bonchev–Trinajstić information content (AvgIpc) is 3.69. The van der Waals surface area contributed by atoms with Crippen molar-refractivity contribution in [3.05, 3.63) is 77.9 Å². The Morgan fingerprint density at radius 3 is 2.50 bits per heavy atom. The number of hydrogen-bond donors (Lipinski definition) is 1. The summed E-state index contributed by atoms with van der Waals surface area (Å²) in [5.41, 5.74) is 0.422. The summed E-state index contributed by atoms with van der Waals surface area (Å²) in [5, 5.41) is 15.3. The Hall–Kier alpha value is -3.86. The van der Waals surface area contributed by atoms with Crippen molar-refractivity contribution in [2.75, 3.05) is 13.1 Å². The number of pyridine rings is 1. The number of oxime groups is 1. The van der Waals surface area contributed by atoms with E-state index in [1.54, 1.807) is 35.6 Å². The second-order valence-electron chi connectivity index (χ2n) is 11.6. The number of amides is 1. The van der Waals surface area contributed by atoms with Gasteiger partial charge in [-0.05, 0) is 80.7 Å². The SMILES string of the molecule is O=C(C1CC(c2cccc(C(F)(F)F)c2)=NO1)N1CCC(CC2CCC(O)(c3ccc(-c4ncccn4)cn3)CC2)C1. The van der Waals surface area contributed by atoms with Gasteiger partial charge < -0.3 is 14.8 Å². The maximum absolute atomic E-state index is 13.1. The van der Waals surface area contributed by atoms with Gasteiger partial charge in [0.1, 0.15) is 5.60 Å². The molecular weight excluding hydrogens is 547 g/mol. The number of halogens is 3. The minimum atomic E-state index is -4.45. The standard InChI is InChI=1S/C31H32F3N5O3/c32-31(33,34)24-4-1-3-22(16-24)25-17-26(42-38-25)29(40)39-14-9-21(19-39)15-20-7-10-30(41,11-8-20)27-6-5-23(18-37-27)28-35-12-2-13-36-28/h1-6,12-13,16,18,20-21,26,41H,7-11,14-15,17,19H2. The molecule has 1 amide bonds. The highest BCUT2D eigenvalue weighted by atomic mass is 19.4. The summed E-state index contributed by atoms with van der Waals surface area (Å²) in [5.74, 6) is 1.25. The van der Waals surface area contributed by atoms with Gasteiger partial charge in [-0.15, -0.1) is 0 Å². The monoisotopic (exact) mass is 579 g/mol. The number of hydrogen-bond acceptors (Lipinski definition) is 7. The van der Waals surface area contributed by atoms with Crippen molar-refractivity contribution in [1.82, 2.24) is 19.9 Å². The molecule has 220 valence electrons.